The van der Waals surface area contributed by atoms with Crippen molar-refractivity contribution in [3.05, 3.63) is 34.9 Å². The Morgan fingerprint density at radius 1 is 1.62 bits per heavy atom. The van der Waals surface area contributed by atoms with Gasteiger partial charge in [-0.25, -0.2) is 4.79 Å². The van der Waals surface area contributed by atoms with Gasteiger partial charge in [-0.1, -0.05) is 29.7 Å². The molecule has 0 radical (unpaired) electrons. The molecule has 4 heteroatoms. The summed E-state index contributed by atoms with van der Waals surface area (Å²) >= 11 is 5.82. The van der Waals surface area contributed by atoms with E-state index in [1.165, 1.54) is 7.11 Å². The Kier molecular flexibility index (Phi) is 4.84. The van der Waals surface area contributed by atoms with E-state index in [9.17, 15) is 4.79 Å². The first-order valence-corrected chi connectivity index (χ1v) is 4.95. The molecule has 1 rings (SSSR count). The first-order valence-electron chi connectivity index (χ1n) is 4.57. The van der Waals surface area contributed by atoms with Gasteiger partial charge in [0.1, 0.15) is 6.61 Å². The molecule has 1 aromatic carbocycles. The van der Waals surface area contributed by atoms with Gasteiger partial charge < -0.3 is 9.47 Å². The molecule has 0 saturated carbocycles. The summed E-state index contributed by atoms with van der Waals surface area (Å²) in [5.74, 6) is 1.80. The molecule has 0 bridgehead atoms. The number of halogens is 1. The fraction of sp³-hybridized carbons (Fsp3) is 0.250. The number of hydrogen-bond donors (Lipinski definition) is 0. The third-order valence-electron chi connectivity index (χ3n) is 1.90. The first-order chi connectivity index (χ1) is 7.69. The van der Waals surface area contributed by atoms with Crippen LogP contribution in [0.1, 0.15) is 11.7 Å². The van der Waals surface area contributed by atoms with Gasteiger partial charge in [-0.3, -0.25) is 0 Å². The average Bonchev–Trinajstić information content (AvgIpc) is 2.29. The molecule has 0 spiro atoms. The summed E-state index contributed by atoms with van der Waals surface area (Å²) in [6.07, 6.45) is 4.24. The van der Waals surface area contributed by atoms with E-state index in [0.717, 1.165) is 0 Å². The summed E-state index contributed by atoms with van der Waals surface area (Å²) in [5.41, 5.74) is 0.620. The summed E-state index contributed by atoms with van der Waals surface area (Å²) in [4.78, 5) is 11.5. The molecule has 0 amide bonds. The van der Waals surface area contributed by atoms with Crippen molar-refractivity contribution in [3.8, 4) is 12.3 Å². The second kappa shape index (κ2) is 6.16. The van der Waals surface area contributed by atoms with Crippen LogP contribution in [0, 0.1) is 12.3 Å². The monoisotopic (exact) mass is 238 g/mol. The smallest absolute Gasteiger partial charge is 0.339 e. The highest BCUT2D eigenvalue weighted by molar-refractivity contribution is 6.30. The van der Waals surface area contributed by atoms with Crippen molar-refractivity contribution in [1.82, 2.24) is 0 Å². The number of rotatable bonds is 4. The maximum Gasteiger partial charge on any atom is 0.339 e. The number of carbonyl (C=O) groups is 1. The highest BCUT2D eigenvalue weighted by Gasteiger charge is 2.21. The van der Waals surface area contributed by atoms with E-state index in [0.29, 0.717) is 10.6 Å². The molecule has 0 fully saturated rings. The van der Waals surface area contributed by atoms with E-state index < -0.39 is 12.1 Å². The minimum Gasteiger partial charge on any atom is -0.467 e. The van der Waals surface area contributed by atoms with Crippen molar-refractivity contribution in [2.75, 3.05) is 13.7 Å². The molecule has 0 unspecified atom stereocenters. The van der Waals surface area contributed by atoms with Crippen LogP contribution in [0.3, 0.4) is 0 Å². The molecular formula is C12H11ClO3. The number of terminal acetylenes is 1. The van der Waals surface area contributed by atoms with E-state index in [-0.39, 0.29) is 6.61 Å². The van der Waals surface area contributed by atoms with Crippen LogP contribution < -0.4 is 0 Å². The van der Waals surface area contributed by atoms with E-state index in [1.54, 1.807) is 24.3 Å². The summed E-state index contributed by atoms with van der Waals surface area (Å²) in [7, 11) is 1.29. The lowest BCUT2D eigenvalue weighted by Crippen LogP contribution is -2.17. The van der Waals surface area contributed by atoms with Gasteiger partial charge in [-0.15, -0.1) is 6.42 Å². The Balaban J connectivity index is 2.92. The molecule has 0 aliphatic carbocycles. The van der Waals surface area contributed by atoms with E-state index in [1.807, 2.05) is 0 Å². The van der Waals surface area contributed by atoms with Crippen molar-refractivity contribution < 1.29 is 14.3 Å². The van der Waals surface area contributed by atoms with Gasteiger partial charge in [-0.2, -0.15) is 0 Å². The second-order valence-corrected chi connectivity index (χ2v) is 3.41. The van der Waals surface area contributed by atoms with Gasteiger partial charge in [0, 0.05) is 5.02 Å². The number of carbonyl (C=O) groups excluding carboxylic acids is 1. The fourth-order valence-corrected chi connectivity index (χ4v) is 1.41. The minimum absolute atomic E-state index is 0.0340. The molecule has 3 nitrogen and oxygen atoms in total. The Labute approximate surface area is 99.3 Å². The van der Waals surface area contributed by atoms with E-state index in [4.69, 9.17) is 22.8 Å². The molecule has 0 aliphatic heterocycles. The topological polar surface area (TPSA) is 35.5 Å². The normalized spacial score (nSPS) is 11.6. The van der Waals surface area contributed by atoms with Gasteiger partial charge in [0.05, 0.1) is 7.11 Å². The molecule has 0 aliphatic rings. The highest BCUT2D eigenvalue weighted by Crippen LogP contribution is 2.21. The molecule has 0 aromatic heterocycles. The molecule has 0 saturated heterocycles. The second-order valence-electron chi connectivity index (χ2n) is 2.97. The standard InChI is InChI=1S/C12H11ClO3/c1-3-7-16-11(12(14)15-2)9-5-4-6-10(13)8-9/h1,4-6,8,11H,7H2,2H3/t11-/m0/s1. The van der Waals surface area contributed by atoms with Crippen LogP contribution in [-0.2, 0) is 14.3 Å². The Morgan fingerprint density at radius 3 is 2.94 bits per heavy atom. The fourth-order valence-electron chi connectivity index (χ4n) is 1.21. The first kappa shape index (κ1) is 12.6. The minimum atomic E-state index is -0.834. The SMILES string of the molecule is C#CCO[C@H](C(=O)OC)c1cccc(Cl)c1. The summed E-state index contributed by atoms with van der Waals surface area (Å²) < 4.78 is 9.84. The van der Waals surface area contributed by atoms with Crippen LogP contribution in [0.2, 0.25) is 5.02 Å². The largest absolute Gasteiger partial charge is 0.467 e. The predicted octanol–water partition coefficient (Wildman–Crippen LogP) is 2.20. The third kappa shape index (κ3) is 3.27. The lowest BCUT2D eigenvalue weighted by molar-refractivity contribution is -0.153. The lowest BCUT2D eigenvalue weighted by Gasteiger charge is -2.14. The Bertz CT molecular complexity index is 409. The zero-order valence-corrected chi connectivity index (χ0v) is 9.53. The maximum atomic E-state index is 11.5. The molecular weight excluding hydrogens is 228 g/mol. The number of benzene rings is 1. The zero-order valence-electron chi connectivity index (χ0n) is 8.77. The average molecular weight is 239 g/mol. The van der Waals surface area contributed by atoms with Crippen molar-refractivity contribution in [2.45, 2.75) is 6.10 Å². The predicted molar refractivity (Wildman–Crippen MR) is 61.0 cm³/mol. The molecule has 1 aromatic rings. The lowest BCUT2D eigenvalue weighted by atomic mass is 10.1. The van der Waals surface area contributed by atoms with Crippen LogP contribution in [0.15, 0.2) is 24.3 Å². The van der Waals surface area contributed by atoms with Gasteiger partial charge in [-0.05, 0) is 17.7 Å². The van der Waals surface area contributed by atoms with Crippen LogP contribution in [0.25, 0.3) is 0 Å². The summed E-state index contributed by atoms with van der Waals surface area (Å²) in [5, 5.41) is 0.524. The molecule has 0 N–H and O–H groups in total. The number of methoxy groups -OCH3 is 1. The molecule has 0 heterocycles. The number of ether oxygens (including phenoxy) is 2. The van der Waals surface area contributed by atoms with Gasteiger partial charge in [0.25, 0.3) is 0 Å². The Hall–Kier alpha value is -1.50. The van der Waals surface area contributed by atoms with Crippen LogP contribution in [-0.4, -0.2) is 19.7 Å². The molecule has 84 valence electrons. The van der Waals surface area contributed by atoms with Crippen LogP contribution in [0.5, 0.6) is 0 Å². The van der Waals surface area contributed by atoms with E-state index >= 15 is 0 Å². The summed E-state index contributed by atoms with van der Waals surface area (Å²) in [6.45, 7) is 0.0340. The number of hydrogen-bond acceptors (Lipinski definition) is 3. The quantitative estimate of drug-likeness (QED) is 0.596. The molecule has 16 heavy (non-hydrogen) atoms. The highest BCUT2D eigenvalue weighted by atomic mass is 35.5. The van der Waals surface area contributed by atoms with Crippen molar-refractivity contribution in [1.29, 1.82) is 0 Å². The number of esters is 1. The van der Waals surface area contributed by atoms with Crippen molar-refractivity contribution in [3.63, 3.8) is 0 Å². The van der Waals surface area contributed by atoms with E-state index in [2.05, 4.69) is 10.7 Å². The third-order valence-corrected chi connectivity index (χ3v) is 2.14. The van der Waals surface area contributed by atoms with Crippen LogP contribution >= 0.6 is 11.6 Å². The summed E-state index contributed by atoms with van der Waals surface area (Å²) in [6, 6.07) is 6.80. The van der Waals surface area contributed by atoms with Gasteiger partial charge in [0.15, 0.2) is 6.10 Å². The van der Waals surface area contributed by atoms with Gasteiger partial charge >= 0.3 is 5.97 Å². The Morgan fingerprint density at radius 2 is 2.38 bits per heavy atom. The van der Waals surface area contributed by atoms with Gasteiger partial charge in [0.2, 0.25) is 0 Å². The maximum absolute atomic E-state index is 11.5. The van der Waals surface area contributed by atoms with Crippen molar-refractivity contribution in [2.24, 2.45) is 0 Å². The zero-order chi connectivity index (χ0) is 12.0. The molecule has 1 atom stereocenters. The van der Waals surface area contributed by atoms with Crippen LogP contribution in [0.4, 0.5) is 0 Å². The van der Waals surface area contributed by atoms with Crippen molar-refractivity contribution >= 4 is 17.6 Å².